The Morgan fingerprint density at radius 2 is 2.39 bits per heavy atom. The number of aryl methyl sites for hydroxylation is 2. The molecule has 18 heavy (non-hydrogen) atoms. The molecular formula is C13H22ClN3O. The first-order chi connectivity index (χ1) is 8.63. The maximum atomic E-state index is 6.32. The van der Waals surface area contributed by atoms with Crippen LogP contribution in [0, 0.1) is 12.8 Å². The van der Waals surface area contributed by atoms with Crippen LogP contribution in [0.4, 0.5) is 0 Å². The summed E-state index contributed by atoms with van der Waals surface area (Å²) in [7, 11) is 1.96. The van der Waals surface area contributed by atoms with Crippen molar-refractivity contribution in [2.24, 2.45) is 13.0 Å². The van der Waals surface area contributed by atoms with Gasteiger partial charge < -0.3 is 10.1 Å². The van der Waals surface area contributed by atoms with Crippen molar-refractivity contribution in [2.75, 3.05) is 19.8 Å². The Morgan fingerprint density at radius 3 is 2.89 bits per heavy atom. The highest BCUT2D eigenvalue weighted by Gasteiger charge is 2.27. The van der Waals surface area contributed by atoms with Crippen LogP contribution >= 0.6 is 11.6 Å². The van der Waals surface area contributed by atoms with Crippen LogP contribution in [-0.4, -0.2) is 35.6 Å². The molecule has 0 spiro atoms. The van der Waals surface area contributed by atoms with Gasteiger partial charge in [0.25, 0.3) is 0 Å². The van der Waals surface area contributed by atoms with E-state index in [9.17, 15) is 0 Å². The third-order valence-electron chi connectivity index (χ3n) is 3.68. The second-order valence-corrected chi connectivity index (χ2v) is 5.34. The summed E-state index contributed by atoms with van der Waals surface area (Å²) in [4.78, 5) is 0. The summed E-state index contributed by atoms with van der Waals surface area (Å²) in [6.07, 6.45) is 2.05. The molecule has 1 aliphatic heterocycles. The van der Waals surface area contributed by atoms with Crippen molar-refractivity contribution in [3.63, 3.8) is 0 Å². The zero-order chi connectivity index (χ0) is 13.1. The summed E-state index contributed by atoms with van der Waals surface area (Å²) in [6.45, 7) is 6.79. The SMILES string of the molecule is CCNC(Cc1c(Cl)c(C)nn1C)C1CCOC1. The zero-order valence-corrected chi connectivity index (χ0v) is 12.1. The lowest BCUT2D eigenvalue weighted by Crippen LogP contribution is -2.38. The van der Waals surface area contributed by atoms with Gasteiger partial charge in [-0.3, -0.25) is 4.68 Å². The van der Waals surface area contributed by atoms with Gasteiger partial charge >= 0.3 is 0 Å². The Balaban J connectivity index is 2.12. The lowest BCUT2D eigenvalue weighted by atomic mass is 9.94. The third-order valence-corrected chi connectivity index (χ3v) is 4.17. The molecule has 1 saturated heterocycles. The van der Waals surface area contributed by atoms with Crippen molar-refractivity contribution in [1.29, 1.82) is 0 Å². The molecule has 2 heterocycles. The van der Waals surface area contributed by atoms with E-state index < -0.39 is 0 Å². The second-order valence-electron chi connectivity index (χ2n) is 4.96. The molecule has 102 valence electrons. The summed E-state index contributed by atoms with van der Waals surface area (Å²) in [5.74, 6) is 0.580. The maximum Gasteiger partial charge on any atom is 0.0847 e. The molecule has 2 unspecified atom stereocenters. The summed E-state index contributed by atoms with van der Waals surface area (Å²) in [5.41, 5.74) is 2.03. The number of nitrogens with zero attached hydrogens (tertiary/aromatic N) is 2. The van der Waals surface area contributed by atoms with E-state index in [-0.39, 0.29) is 0 Å². The van der Waals surface area contributed by atoms with E-state index in [1.54, 1.807) is 0 Å². The molecule has 1 aromatic heterocycles. The van der Waals surface area contributed by atoms with Gasteiger partial charge in [0.05, 0.1) is 23.0 Å². The molecule has 0 aliphatic carbocycles. The van der Waals surface area contributed by atoms with Crippen LogP contribution in [0.2, 0.25) is 5.02 Å². The van der Waals surface area contributed by atoms with Crippen molar-refractivity contribution in [3.8, 4) is 0 Å². The van der Waals surface area contributed by atoms with Crippen LogP contribution in [0.15, 0.2) is 0 Å². The van der Waals surface area contributed by atoms with Crippen LogP contribution in [0.3, 0.4) is 0 Å². The fourth-order valence-corrected chi connectivity index (χ4v) is 2.89. The Kier molecular flexibility index (Phi) is 4.65. The molecule has 0 aromatic carbocycles. The third kappa shape index (κ3) is 2.87. The average molecular weight is 272 g/mol. The minimum atomic E-state index is 0.421. The van der Waals surface area contributed by atoms with Crippen LogP contribution in [0.5, 0.6) is 0 Å². The first-order valence-electron chi connectivity index (χ1n) is 6.62. The standard InChI is InChI=1S/C13H22ClN3O/c1-4-15-11(10-5-6-18-8-10)7-12-13(14)9(2)16-17(12)3/h10-11,15H,4-8H2,1-3H3. The quantitative estimate of drug-likeness (QED) is 0.890. The topological polar surface area (TPSA) is 39.1 Å². The summed E-state index contributed by atoms with van der Waals surface area (Å²) in [6, 6.07) is 0.421. The zero-order valence-electron chi connectivity index (χ0n) is 11.4. The van der Waals surface area contributed by atoms with Gasteiger partial charge in [0.1, 0.15) is 0 Å². The molecule has 0 amide bonds. The Bertz CT molecular complexity index is 399. The van der Waals surface area contributed by atoms with E-state index in [1.165, 1.54) is 0 Å². The molecule has 1 fully saturated rings. The van der Waals surface area contributed by atoms with E-state index in [0.29, 0.717) is 12.0 Å². The smallest absolute Gasteiger partial charge is 0.0847 e. The lowest BCUT2D eigenvalue weighted by Gasteiger charge is -2.23. The van der Waals surface area contributed by atoms with Crippen LogP contribution in [0.25, 0.3) is 0 Å². The van der Waals surface area contributed by atoms with Gasteiger partial charge in [-0.05, 0) is 19.9 Å². The number of halogens is 1. The highest BCUT2D eigenvalue weighted by molar-refractivity contribution is 6.31. The molecule has 1 aliphatic rings. The van der Waals surface area contributed by atoms with Gasteiger partial charge in [-0.15, -0.1) is 0 Å². The molecule has 2 atom stereocenters. The molecule has 0 saturated carbocycles. The summed E-state index contributed by atoms with van der Waals surface area (Å²) >= 11 is 6.32. The van der Waals surface area contributed by atoms with Gasteiger partial charge in [0, 0.05) is 32.0 Å². The number of hydrogen-bond acceptors (Lipinski definition) is 3. The summed E-state index contributed by atoms with van der Waals surface area (Å²) < 4.78 is 7.39. The number of likely N-dealkylation sites (N-methyl/N-ethyl adjacent to an activating group) is 1. The minimum absolute atomic E-state index is 0.421. The van der Waals surface area contributed by atoms with Gasteiger partial charge in [0.2, 0.25) is 0 Å². The van der Waals surface area contributed by atoms with Crippen LogP contribution in [-0.2, 0) is 18.2 Å². The molecule has 0 bridgehead atoms. The van der Waals surface area contributed by atoms with Gasteiger partial charge in [0.15, 0.2) is 0 Å². The number of nitrogens with one attached hydrogen (secondary N) is 1. The second kappa shape index (κ2) is 6.04. The molecule has 0 radical (unpaired) electrons. The normalized spacial score (nSPS) is 21.4. The minimum Gasteiger partial charge on any atom is -0.381 e. The van der Waals surface area contributed by atoms with E-state index in [2.05, 4.69) is 17.3 Å². The van der Waals surface area contributed by atoms with Crippen LogP contribution < -0.4 is 5.32 Å². The largest absolute Gasteiger partial charge is 0.381 e. The van der Waals surface area contributed by atoms with Crippen LogP contribution in [0.1, 0.15) is 24.7 Å². The summed E-state index contributed by atoms with van der Waals surface area (Å²) in [5, 5.41) is 8.74. The number of hydrogen-bond donors (Lipinski definition) is 1. The molecule has 2 rings (SSSR count). The predicted octanol–water partition coefficient (Wildman–Crippen LogP) is 1.94. The highest BCUT2D eigenvalue weighted by atomic mass is 35.5. The van der Waals surface area contributed by atoms with Crippen molar-refractivity contribution in [3.05, 3.63) is 16.4 Å². The Hall–Kier alpha value is -0.580. The fraction of sp³-hybridized carbons (Fsp3) is 0.769. The fourth-order valence-electron chi connectivity index (χ4n) is 2.65. The molecule has 4 nitrogen and oxygen atoms in total. The average Bonchev–Trinajstić information content (AvgIpc) is 2.93. The van der Waals surface area contributed by atoms with Gasteiger partial charge in [-0.2, -0.15) is 5.10 Å². The van der Waals surface area contributed by atoms with E-state index in [1.807, 2.05) is 18.7 Å². The van der Waals surface area contributed by atoms with Crippen molar-refractivity contribution in [1.82, 2.24) is 15.1 Å². The monoisotopic (exact) mass is 271 g/mol. The number of aromatic nitrogens is 2. The molecular weight excluding hydrogens is 250 g/mol. The first-order valence-corrected chi connectivity index (χ1v) is 7.00. The maximum absolute atomic E-state index is 6.32. The number of rotatable bonds is 5. The lowest BCUT2D eigenvalue weighted by molar-refractivity contribution is 0.176. The van der Waals surface area contributed by atoms with Gasteiger partial charge in [-0.25, -0.2) is 0 Å². The van der Waals surface area contributed by atoms with E-state index in [0.717, 1.165) is 49.0 Å². The molecule has 5 heteroatoms. The molecule has 1 aromatic rings. The number of ether oxygens (including phenoxy) is 1. The van der Waals surface area contributed by atoms with Gasteiger partial charge in [-0.1, -0.05) is 18.5 Å². The van der Waals surface area contributed by atoms with Crippen molar-refractivity contribution in [2.45, 2.75) is 32.7 Å². The van der Waals surface area contributed by atoms with Crippen molar-refractivity contribution >= 4 is 11.6 Å². The molecule has 1 N–H and O–H groups in total. The van der Waals surface area contributed by atoms with E-state index in [4.69, 9.17) is 16.3 Å². The highest BCUT2D eigenvalue weighted by Crippen LogP contribution is 2.25. The Morgan fingerprint density at radius 1 is 1.61 bits per heavy atom. The van der Waals surface area contributed by atoms with Crippen molar-refractivity contribution < 1.29 is 4.74 Å². The Labute approximate surface area is 114 Å². The predicted molar refractivity (Wildman–Crippen MR) is 73.0 cm³/mol. The first kappa shape index (κ1) is 13.8. The van der Waals surface area contributed by atoms with E-state index >= 15 is 0 Å².